The fourth-order valence-electron chi connectivity index (χ4n) is 2.16. The number of rotatable bonds is 4. The molecule has 1 N–H and O–H groups in total. The van der Waals surface area contributed by atoms with Gasteiger partial charge >= 0.3 is 5.97 Å². The predicted octanol–water partition coefficient (Wildman–Crippen LogP) is 4.38. The molecule has 0 aliphatic heterocycles. The van der Waals surface area contributed by atoms with E-state index >= 15 is 0 Å². The van der Waals surface area contributed by atoms with Crippen LogP contribution in [0.4, 0.5) is 8.78 Å². The van der Waals surface area contributed by atoms with Crippen molar-refractivity contribution in [2.24, 2.45) is 0 Å². The highest BCUT2D eigenvalue weighted by Gasteiger charge is 2.17. The third kappa shape index (κ3) is 3.43. The minimum Gasteiger partial charge on any atom is -0.481 e. The van der Waals surface area contributed by atoms with Crippen molar-refractivity contribution in [3.05, 3.63) is 65.0 Å². The van der Waals surface area contributed by atoms with Gasteiger partial charge in [-0.3, -0.25) is 4.79 Å². The molecule has 3 aromatic rings. The molecule has 0 atom stereocenters. The smallest absolute Gasteiger partial charge is 0.308 e. The highest BCUT2D eigenvalue weighted by Crippen LogP contribution is 2.34. The van der Waals surface area contributed by atoms with Crippen LogP contribution in [-0.2, 0) is 11.2 Å². The van der Waals surface area contributed by atoms with Gasteiger partial charge in [0.1, 0.15) is 16.6 Å². The third-order valence-electron chi connectivity index (χ3n) is 3.22. The molecule has 0 aliphatic carbocycles. The highest BCUT2D eigenvalue weighted by atomic mass is 32.1. The number of thiazole rings is 1. The van der Waals surface area contributed by atoms with Crippen LogP contribution in [0.25, 0.3) is 21.8 Å². The summed E-state index contributed by atoms with van der Waals surface area (Å²) in [4.78, 5) is 16.1. The second-order valence-electron chi connectivity index (χ2n) is 4.88. The van der Waals surface area contributed by atoms with Crippen molar-refractivity contribution in [1.29, 1.82) is 0 Å². The average Bonchev–Trinajstić information content (AvgIpc) is 2.92. The largest absolute Gasteiger partial charge is 0.481 e. The zero-order valence-electron chi connectivity index (χ0n) is 11.8. The molecule has 0 saturated carbocycles. The van der Waals surface area contributed by atoms with Gasteiger partial charge in [-0.2, -0.15) is 0 Å². The van der Waals surface area contributed by atoms with E-state index in [0.717, 1.165) is 0 Å². The molecule has 0 radical (unpaired) electrons. The first-order valence-electron chi connectivity index (χ1n) is 6.76. The molecule has 3 nitrogen and oxygen atoms in total. The molecular formula is C17H11F2NO2S. The van der Waals surface area contributed by atoms with Gasteiger partial charge in [0, 0.05) is 16.0 Å². The van der Waals surface area contributed by atoms with Crippen LogP contribution in [0.5, 0.6) is 0 Å². The van der Waals surface area contributed by atoms with E-state index in [0.29, 0.717) is 26.7 Å². The van der Waals surface area contributed by atoms with Crippen molar-refractivity contribution >= 4 is 17.3 Å². The fraction of sp³-hybridized carbons (Fsp3) is 0.0588. The number of carboxylic acid groups (broad SMARTS) is 1. The number of carboxylic acids is 1. The third-order valence-corrected chi connectivity index (χ3v) is 4.32. The van der Waals surface area contributed by atoms with E-state index in [1.54, 1.807) is 24.3 Å². The van der Waals surface area contributed by atoms with E-state index < -0.39 is 5.97 Å². The first-order valence-corrected chi connectivity index (χ1v) is 7.58. The number of aliphatic carboxylic acids is 1. The molecule has 0 aliphatic rings. The number of hydrogen-bond donors (Lipinski definition) is 1. The van der Waals surface area contributed by atoms with Gasteiger partial charge in [0.15, 0.2) is 0 Å². The molecule has 0 amide bonds. The van der Waals surface area contributed by atoms with Gasteiger partial charge in [0.2, 0.25) is 0 Å². The number of benzene rings is 2. The number of carbonyl (C=O) groups is 1. The molecule has 0 saturated heterocycles. The van der Waals surface area contributed by atoms with Gasteiger partial charge in [0.25, 0.3) is 0 Å². The Morgan fingerprint density at radius 2 is 1.48 bits per heavy atom. The SMILES string of the molecule is O=C(O)Cc1sc(-c2ccc(F)cc2)nc1-c1ccc(F)cc1. The standard InChI is InChI=1S/C17H11F2NO2S/c18-12-5-1-10(2-6-12)16-14(9-15(21)22)23-17(20-16)11-3-7-13(19)8-4-11/h1-8H,9H2,(H,21,22). The minimum atomic E-state index is -0.970. The van der Waals surface area contributed by atoms with E-state index in [1.807, 2.05) is 0 Å². The summed E-state index contributed by atoms with van der Waals surface area (Å²) in [6.07, 6.45) is -0.175. The van der Waals surface area contributed by atoms with Gasteiger partial charge < -0.3 is 5.11 Å². The van der Waals surface area contributed by atoms with Crippen LogP contribution < -0.4 is 0 Å². The quantitative estimate of drug-likeness (QED) is 0.772. The zero-order valence-corrected chi connectivity index (χ0v) is 12.6. The van der Waals surface area contributed by atoms with Crippen molar-refractivity contribution < 1.29 is 18.7 Å². The lowest BCUT2D eigenvalue weighted by Crippen LogP contribution is -1.99. The molecule has 0 spiro atoms. The van der Waals surface area contributed by atoms with Crippen molar-refractivity contribution in [3.8, 4) is 21.8 Å². The van der Waals surface area contributed by atoms with Crippen LogP contribution in [0.15, 0.2) is 48.5 Å². The van der Waals surface area contributed by atoms with Gasteiger partial charge in [-0.15, -0.1) is 11.3 Å². The maximum Gasteiger partial charge on any atom is 0.308 e. The Labute approximate surface area is 134 Å². The lowest BCUT2D eigenvalue weighted by molar-refractivity contribution is -0.136. The van der Waals surface area contributed by atoms with Crippen molar-refractivity contribution in [2.45, 2.75) is 6.42 Å². The number of hydrogen-bond acceptors (Lipinski definition) is 3. The lowest BCUT2D eigenvalue weighted by atomic mass is 10.1. The van der Waals surface area contributed by atoms with Crippen LogP contribution in [0, 0.1) is 11.6 Å². The van der Waals surface area contributed by atoms with Crippen molar-refractivity contribution in [3.63, 3.8) is 0 Å². The normalized spacial score (nSPS) is 10.7. The Kier molecular flexibility index (Phi) is 4.16. The molecular weight excluding hydrogens is 320 g/mol. The predicted molar refractivity (Wildman–Crippen MR) is 84.2 cm³/mol. The average molecular weight is 331 g/mol. The van der Waals surface area contributed by atoms with Crippen molar-refractivity contribution in [1.82, 2.24) is 4.98 Å². The van der Waals surface area contributed by atoms with Crippen molar-refractivity contribution in [2.75, 3.05) is 0 Å². The van der Waals surface area contributed by atoms with Crippen LogP contribution >= 0.6 is 11.3 Å². The lowest BCUT2D eigenvalue weighted by Gasteiger charge is -2.00. The van der Waals surface area contributed by atoms with Crippen LogP contribution in [0.2, 0.25) is 0 Å². The second-order valence-corrected chi connectivity index (χ2v) is 5.96. The first-order chi connectivity index (χ1) is 11.0. The number of aromatic nitrogens is 1. The second kappa shape index (κ2) is 6.26. The maximum absolute atomic E-state index is 13.1. The highest BCUT2D eigenvalue weighted by molar-refractivity contribution is 7.15. The molecule has 2 aromatic carbocycles. The minimum absolute atomic E-state index is 0.175. The summed E-state index contributed by atoms with van der Waals surface area (Å²) < 4.78 is 26.1. The van der Waals surface area contributed by atoms with Gasteiger partial charge in [-0.05, 0) is 48.5 Å². The van der Waals surface area contributed by atoms with E-state index in [4.69, 9.17) is 5.11 Å². The molecule has 6 heteroatoms. The summed E-state index contributed by atoms with van der Waals surface area (Å²) in [6, 6.07) is 11.6. The van der Waals surface area contributed by atoms with E-state index in [2.05, 4.69) is 4.98 Å². The summed E-state index contributed by atoms with van der Waals surface area (Å²) in [5, 5.41) is 9.67. The number of nitrogens with zero attached hydrogens (tertiary/aromatic N) is 1. The summed E-state index contributed by atoms with van der Waals surface area (Å²) in [5.74, 6) is -1.69. The molecule has 0 bridgehead atoms. The van der Waals surface area contributed by atoms with Gasteiger partial charge in [0.05, 0.1) is 12.1 Å². The summed E-state index contributed by atoms with van der Waals surface area (Å²) >= 11 is 1.24. The molecule has 23 heavy (non-hydrogen) atoms. The Morgan fingerprint density at radius 3 is 2.00 bits per heavy atom. The Hall–Kier alpha value is -2.60. The van der Waals surface area contributed by atoms with Gasteiger partial charge in [-0.1, -0.05) is 0 Å². The van der Waals surface area contributed by atoms with Gasteiger partial charge in [-0.25, -0.2) is 13.8 Å². The molecule has 0 fully saturated rings. The molecule has 116 valence electrons. The van der Waals surface area contributed by atoms with E-state index in [9.17, 15) is 13.6 Å². The monoisotopic (exact) mass is 331 g/mol. The summed E-state index contributed by atoms with van der Waals surface area (Å²) in [5.41, 5.74) is 1.86. The molecule has 1 heterocycles. The van der Waals surface area contributed by atoms with Crippen LogP contribution in [0.1, 0.15) is 4.88 Å². The Balaban J connectivity index is 2.08. The molecule has 0 unspecified atom stereocenters. The molecule has 3 rings (SSSR count). The summed E-state index contributed by atoms with van der Waals surface area (Å²) in [6.45, 7) is 0. The van der Waals surface area contributed by atoms with Crippen LogP contribution in [-0.4, -0.2) is 16.1 Å². The van der Waals surface area contributed by atoms with E-state index in [1.165, 1.54) is 35.6 Å². The Bertz CT molecular complexity index is 842. The van der Waals surface area contributed by atoms with E-state index in [-0.39, 0.29) is 18.1 Å². The maximum atomic E-state index is 13.1. The Morgan fingerprint density at radius 1 is 0.957 bits per heavy atom. The fourth-order valence-corrected chi connectivity index (χ4v) is 3.24. The molecule has 1 aromatic heterocycles. The summed E-state index contributed by atoms with van der Waals surface area (Å²) in [7, 11) is 0. The van der Waals surface area contributed by atoms with Crippen LogP contribution in [0.3, 0.4) is 0 Å². The first kappa shape index (κ1) is 15.3. The zero-order chi connectivity index (χ0) is 16.4. The number of halogens is 2. The topological polar surface area (TPSA) is 50.2 Å².